The number of hydrogen-bond acceptors (Lipinski definition) is 6. The molecule has 0 unspecified atom stereocenters. The molecule has 1 atom stereocenters. The van der Waals surface area contributed by atoms with Crippen molar-refractivity contribution in [2.45, 2.75) is 31.8 Å². The highest BCUT2D eigenvalue weighted by Gasteiger charge is 2.31. The molecule has 0 saturated carbocycles. The quantitative estimate of drug-likeness (QED) is 0.896. The molecule has 0 aromatic carbocycles. The molecule has 1 saturated heterocycles. The molecule has 0 radical (unpaired) electrons. The standard InChI is InChI=1S/C19H24N6O/c1-24(2)18-14-7-11-25(19(26)15-4-3-8-21-15)12-16(14)22-17(23-18)13-5-9-20-10-6-13/h5-6,9-10,15,21H,3-4,7-8,11-12H2,1-2H3/t15-/m1/s1. The molecule has 4 rings (SSSR count). The van der Waals surface area contributed by atoms with Crippen LogP contribution in [0.4, 0.5) is 5.82 Å². The summed E-state index contributed by atoms with van der Waals surface area (Å²) in [6.45, 7) is 2.20. The molecule has 1 fully saturated rings. The van der Waals surface area contributed by atoms with Crippen LogP contribution in [0.2, 0.25) is 0 Å². The van der Waals surface area contributed by atoms with Gasteiger partial charge in [-0.2, -0.15) is 0 Å². The van der Waals surface area contributed by atoms with E-state index in [1.807, 2.05) is 36.0 Å². The maximum absolute atomic E-state index is 12.8. The molecule has 0 aliphatic carbocycles. The molecule has 2 aromatic heterocycles. The number of anilines is 1. The summed E-state index contributed by atoms with van der Waals surface area (Å²) < 4.78 is 0. The molecule has 136 valence electrons. The van der Waals surface area contributed by atoms with Gasteiger partial charge in [0.05, 0.1) is 18.3 Å². The summed E-state index contributed by atoms with van der Waals surface area (Å²) in [5.41, 5.74) is 3.04. The van der Waals surface area contributed by atoms with Crippen molar-refractivity contribution in [2.75, 3.05) is 32.1 Å². The molecule has 4 heterocycles. The van der Waals surface area contributed by atoms with Crippen LogP contribution >= 0.6 is 0 Å². The zero-order chi connectivity index (χ0) is 18.1. The first kappa shape index (κ1) is 16.9. The van der Waals surface area contributed by atoms with Crippen LogP contribution in [-0.2, 0) is 17.8 Å². The van der Waals surface area contributed by atoms with E-state index in [2.05, 4.69) is 10.3 Å². The lowest BCUT2D eigenvalue weighted by atomic mass is 10.0. The fourth-order valence-corrected chi connectivity index (χ4v) is 3.71. The third-order valence-electron chi connectivity index (χ3n) is 5.08. The zero-order valence-corrected chi connectivity index (χ0v) is 15.3. The molecule has 0 spiro atoms. The van der Waals surface area contributed by atoms with Gasteiger partial charge in [0.1, 0.15) is 5.82 Å². The first-order valence-corrected chi connectivity index (χ1v) is 9.13. The van der Waals surface area contributed by atoms with Crippen molar-refractivity contribution in [2.24, 2.45) is 0 Å². The van der Waals surface area contributed by atoms with Gasteiger partial charge in [-0.15, -0.1) is 0 Å². The monoisotopic (exact) mass is 352 g/mol. The lowest BCUT2D eigenvalue weighted by molar-refractivity contribution is -0.134. The highest BCUT2D eigenvalue weighted by atomic mass is 16.2. The Kier molecular flexibility index (Phi) is 4.55. The van der Waals surface area contributed by atoms with Crippen molar-refractivity contribution in [3.8, 4) is 11.4 Å². The van der Waals surface area contributed by atoms with E-state index in [1.54, 1.807) is 12.4 Å². The number of nitrogens with one attached hydrogen (secondary N) is 1. The van der Waals surface area contributed by atoms with E-state index in [0.717, 1.165) is 55.0 Å². The molecule has 7 nitrogen and oxygen atoms in total. The van der Waals surface area contributed by atoms with Gasteiger partial charge in [0.25, 0.3) is 0 Å². The van der Waals surface area contributed by atoms with E-state index < -0.39 is 0 Å². The van der Waals surface area contributed by atoms with Crippen LogP contribution in [0.5, 0.6) is 0 Å². The Labute approximate surface area is 153 Å². The second-order valence-electron chi connectivity index (χ2n) is 7.09. The number of pyridine rings is 1. The number of carbonyl (C=O) groups excluding carboxylic acids is 1. The number of rotatable bonds is 3. The Hall–Kier alpha value is -2.54. The summed E-state index contributed by atoms with van der Waals surface area (Å²) in [6, 6.07) is 3.79. The van der Waals surface area contributed by atoms with Crippen LogP contribution in [0.3, 0.4) is 0 Å². The first-order chi connectivity index (χ1) is 12.6. The third kappa shape index (κ3) is 3.14. The summed E-state index contributed by atoms with van der Waals surface area (Å²) in [5, 5.41) is 3.31. The highest BCUT2D eigenvalue weighted by Crippen LogP contribution is 2.29. The smallest absolute Gasteiger partial charge is 0.240 e. The minimum atomic E-state index is -0.0358. The Morgan fingerprint density at radius 1 is 1.27 bits per heavy atom. The van der Waals surface area contributed by atoms with Crippen LogP contribution in [-0.4, -0.2) is 59.0 Å². The van der Waals surface area contributed by atoms with Crippen molar-refractivity contribution in [3.05, 3.63) is 35.8 Å². The number of hydrogen-bond donors (Lipinski definition) is 1. The van der Waals surface area contributed by atoms with Crippen LogP contribution in [0, 0.1) is 0 Å². The van der Waals surface area contributed by atoms with Gasteiger partial charge in [-0.25, -0.2) is 9.97 Å². The average molecular weight is 352 g/mol. The first-order valence-electron chi connectivity index (χ1n) is 9.13. The summed E-state index contributed by atoms with van der Waals surface area (Å²) >= 11 is 0. The van der Waals surface area contributed by atoms with Gasteiger partial charge in [-0.3, -0.25) is 9.78 Å². The predicted octanol–water partition coefficient (Wildman–Crippen LogP) is 1.24. The maximum atomic E-state index is 12.8. The van der Waals surface area contributed by atoms with Gasteiger partial charge >= 0.3 is 0 Å². The second-order valence-corrected chi connectivity index (χ2v) is 7.09. The largest absolute Gasteiger partial charge is 0.362 e. The van der Waals surface area contributed by atoms with Gasteiger partial charge in [0.15, 0.2) is 5.82 Å². The van der Waals surface area contributed by atoms with E-state index in [9.17, 15) is 4.79 Å². The second kappa shape index (κ2) is 6.99. The summed E-state index contributed by atoms with van der Waals surface area (Å²) in [5.74, 6) is 1.82. The van der Waals surface area contributed by atoms with Gasteiger partial charge in [0, 0.05) is 44.2 Å². The normalized spacial score (nSPS) is 19.3. The summed E-state index contributed by atoms with van der Waals surface area (Å²) in [4.78, 5) is 30.4. The molecule has 0 bridgehead atoms. The molecule has 7 heteroatoms. The van der Waals surface area contributed by atoms with E-state index in [4.69, 9.17) is 9.97 Å². The number of fused-ring (bicyclic) bond motifs is 1. The maximum Gasteiger partial charge on any atom is 0.240 e. The number of amides is 1. The van der Waals surface area contributed by atoms with E-state index >= 15 is 0 Å². The van der Waals surface area contributed by atoms with Gasteiger partial charge in [0.2, 0.25) is 5.91 Å². The summed E-state index contributed by atoms with van der Waals surface area (Å²) in [6.07, 6.45) is 6.28. The Morgan fingerprint density at radius 2 is 2.08 bits per heavy atom. The molecular formula is C19H24N6O. The van der Waals surface area contributed by atoms with Crippen molar-refractivity contribution < 1.29 is 4.79 Å². The van der Waals surface area contributed by atoms with Crippen molar-refractivity contribution in [1.82, 2.24) is 25.2 Å². The molecule has 2 aliphatic heterocycles. The Balaban J connectivity index is 1.68. The van der Waals surface area contributed by atoms with Gasteiger partial charge < -0.3 is 15.1 Å². The third-order valence-corrected chi connectivity index (χ3v) is 5.08. The van der Waals surface area contributed by atoms with Crippen molar-refractivity contribution in [3.63, 3.8) is 0 Å². The molecular weight excluding hydrogens is 328 g/mol. The minimum Gasteiger partial charge on any atom is -0.362 e. The average Bonchev–Trinajstić information content (AvgIpc) is 3.21. The van der Waals surface area contributed by atoms with Gasteiger partial charge in [-0.05, 0) is 37.9 Å². The number of carbonyl (C=O) groups is 1. The van der Waals surface area contributed by atoms with Crippen molar-refractivity contribution in [1.29, 1.82) is 0 Å². The summed E-state index contributed by atoms with van der Waals surface area (Å²) in [7, 11) is 4.00. The predicted molar refractivity (Wildman–Crippen MR) is 99.7 cm³/mol. The van der Waals surface area contributed by atoms with E-state index in [0.29, 0.717) is 12.4 Å². The fraction of sp³-hybridized carbons (Fsp3) is 0.474. The Bertz CT molecular complexity index is 801. The molecule has 1 amide bonds. The van der Waals surface area contributed by atoms with Crippen molar-refractivity contribution >= 4 is 11.7 Å². The number of nitrogens with zero attached hydrogens (tertiary/aromatic N) is 5. The molecule has 26 heavy (non-hydrogen) atoms. The molecule has 2 aromatic rings. The lowest BCUT2D eigenvalue weighted by Gasteiger charge is -2.32. The molecule has 1 N–H and O–H groups in total. The van der Waals surface area contributed by atoms with Gasteiger partial charge in [-0.1, -0.05) is 0 Å². The SMILES string of the molecule is CN(C)c1nc(-c2ccncc2)nc2c1CCN(C(=O)[C@H]1CCCN1)C2. The lowest BCUT2D eigenvalue weighted by Crippen LogP contribution is -2.46. The van der Waals surface area contributed by atoms with Crippen LogP contribution < -0.4 is 10.2 Å². The Morgan fingerprint density at radius 3 is 2.77 bits per heavy atom. The van der Waals surface area contributed by atoms with Crippen LogP contribution in [0.15, 0.2) is 24.5 Å². The highest BCUT2D eigenvalue weighted by molar-refractivity contribution is 5.82. The van der Waals surface area contributed by atoms with E-state index in [1.165, 1.54) is 0 Å². The molecule has 2 aliphatic rings. The fourth-order valence-electron chi connectivity index (χ4n) is 3.71. The van der Waals surface area contributed by atoms with Crippen LogP contribution in [0.25, 0.3) is 11.4 Å². The zero-order valence-electron chi connectivity index (χ0n) is 15.3. The minimum absolute atomic E-state index is 0.0358. The van der Waals surface area contributed by atoms with Crippen LogP contribution in [0.1, 0.15) is 24.1 Å². The van der Waals surface area contributed by atoms with E-state index in [-0.39, 0.29) is 11.9 Å². The topological polar surface area (TPSA) is 74.2 Å². The number of aromatic nitrogens is 3.